The Morgan fingerprint density at radius 3 is 2.50 bits per heavy atom. The molecule has 0 heterocycles. The molecule has 100 valence electrons. The number of benzene rings is 1. The van der Waals surface area contributed by atoms with Gasteiger partial charge >= 0.3 is 0 Å². The van der Waals surface area contributed by atoms with Gasteiger partial charge in [0.15, 0.2) is 0 Å². The van der Waals surface area contributed by atoms with E-state index in [9.17, 15) is 9.18 Å². The molecular weight excluding hydrogens is 235 g/mol. The van der Waals surface area contributed by atoms with Gasteiger partial charge in [-0.1, -0.05) is 0 Å². The van der Waals surface area contributed by atoms with E-state index in [4.69, 9.17) is 5.11 Å². The van der Waals surface area contributed by atoms with Crippen LogP contribution in [-0.4, -0.2) is 29.7 Å². The molecule has 1 rings (SSSR count). The topological polar surface area (TPSA) is 61.4 Å². The minimum absolute atomic E-state index is 0.0690. The maximum atomic E-state index is 12.7. The number of carbonyl (C=O) groups is 1. The van der Waals surface area contributed by atoms with E-state index >= 15 is 0 Å². The molecule has 0 saturated carbocycles. The summed E-state index contributed by atoms with van der Waals surface area (Å²) in [5, 5.41) is 14.6. The molecule has 18 heavy (non-hydrogen) atoms. The fraction of sp³-hybridized carbons (Fsp3) is 0.462. The zero-order valence-electron chi connectivity index (χ0n) is 10.7. The molecule has 0 saturated heterocycles. The number of rotatable bonds is 6. The summed E-state index contributed by atoms with van der Waals surface area (Å²) in [5.41, 5.74) is 0.262. The van der Waals surface area contributed by atoms with Crippen molar-refractivity contribution in [3.05, 3.63) is 30.1 Å². The second-order valence-electron chi connectivity index (χ2n) is 4.77. The van der Waals surface area contributed by atoms with Crippen LogP contribution in [-0.2, 0) is 4.79 Å². The van der Waals surface area contributed by atoms with Gasteiger partial charge in [0.2, 0.25) is 5.91 Å². The van der Waals surface area contributed by atoms with E-state index in [2.05, 4.69) is 10.6 Å². The number of nitrogens with one attached hydrogen (secondary N) is 2. The van der Waals surface area contributed by atoms with E-state index in [1.807, 2.05) is 13.8 Å². The molecule has 4 nitrogen and oxygen atoms in total. The highest BCUT2D eigenvalue weighted by molar-refractivity contribution is 5.92. The highest BCUT2D eigenvalue weighted by atomic mass is 19.1. The Morgan fingerprint density at radius 1 is 1.33 bits per heavy atom. The molecule has 0 atom stereocenters. The van der Waals surface area contributed by atoms with Crippen LogP contribution in [0.1, 0.15) is 20.3 Å². The SMILES string of the molecule is CC(C)(CCO)NCC(=O)Nc1ccc(F)cc1. The fourth-order valence-electron chi connectivity index (χ4n) is 1.43. The van der Waals surface area contributed by atoms with Crippen molar-refractivity contribution in [1.82, 2.24) is 5.32 Å². The first-order chi connectivity index (χ1) is 8.43. The Labute approximate surface area is 106 Å². The van der Waals surface area contributed by atoms with Crippen LogP contribution >= 0.6 is 0 Å². The number of carbonyl (C=O) groups excluding carboxylic acids is 1. The molecule has 1 aromatic carbocycles. The van der Waals surface area contributed by atoms with E-state index in [0.29, 0.717) is 12.1 Å². The molecule has 0 unspecified atom stereocenters. The van der Waals surface area contributed by atoms with Gasteiger partial charge in [-0.25, -0.2) is 4.39 Å². The number of anilines is 1. The van der Waals surface area contributed by atoms with Crippen LogP contribution in [0, 0.1) is 5.82 Å². The van der Waals surface area contributed by atoms with Crippen LogP contribution in [0.15, 0.2) is 24.3 Å². The molecule has 0 aliphatic rings. The Balaban J connectivity index is 2.40. The van der Waals surface area contributed by atoms with Crippen molar-refractivity contribution < 1.29 is 14.3 Å². The van der Waals surface area contributed by atoms with Gasteiger partial charge in [-0.15, -0.1) is 0 Å². The first-order valence-corrected chi connectivity index (χ1v) is 5.84. The molecule has 0 aliphatic carbocycles. The van der Waals surface area contributed by atoms with Crippen molar-refractivity contribution in [3.8, 4) is 0 Å². The van der Waals surface area contributed by atoms with Crippen LogP contribution < -0.4 is 10.6 Å². The summed E-state index contributed by atoms with van der Waals surface area (Å²) in [6.07, 6.45) is 0.566. The van der Waals surface area contributed by atoms with E-state index in [1.165, 1.54) is 24.3 Å². The number of amides is 1. The first-order valence-electron chi connectivity index (χ1n) is 5.84. The summed E-state index contributed by atoms with van der Waals surface area (Å²) in [6.45, 7) is 4.03. The van der Waals surface area contributed by atoms with Crippen molar-refractivity contribution in [2.24, 2.45) is 0 Å². The number of halogens is 1. The summed E-state index contributed by atoms with van der Waals surface area (Å²) >= 11 is 0. The molecule has 1 aromatic rings. The molecule has 3 N–H and O–H groups in total. The van der Waals surface area contributed by atoms with Gasteiger partial charge in [-0.3, -0.25) is 4.79 Å². The van der Waals surface area contributed by atoms with E-state index in [0.717, 1.165) is 0 Å². The highest BCUT2D eigenvalue weighted by Gasteiger charge is 2.17. The van der Waals surface area contributed by atoms with Gasteiger partial charge in [-0.2, -0.15) is 0 Å². The Hall–Kier alpha value is -1.46. The normalized spacial score (nSPS) is 11.3. The van der Waals surface area contributed by atoms with Crippen molar-refractivity contribution in [3.63, 3.8) is 0 Å². The smallest absolute Gasteiger partial charge is 0.238 e. The number of aliphatic hydroxyl groups excluding tert-OH is 1. The van der Waals surface area contributed by atoms with Crippen LogP contribution in [0.25, 0.3) is 0 Å². The number of aliphatic hydroxyl groups is 1. The van der Waals surface area contributed by atoms with Gasteiger partial charge in [0.05, 0.1) is 6.54 Å². The molecule has 5 heteroatoms. The van der Waals surface area contributed by atoms with Crippen LogP contribution in [0.2, 0.25) is 0 Å². The van der Waals surface area contributed by atoms with Gasteiger partial charge in [0.1, 0.15) is 5.82 Å². The lowest BCUT2D eigenvalue weighted by Gasteiger charge is -2.25. The third kappa shape index (κ3) is 5.25. The monoisotopic (exact) mass is 254 g/mol. The summed E-state index contributed by atoms with van der Waals surface area (Å²) < 4.78 is 12.7. The number of hydrogen-bond donors (Lipinski definition) is 3. The lowest BCUT2D eigenvalue weighted by atomic mass is 10.0. The second-order valence-corrected chi connectivity index (χ2v) is 4.77. The maximum absolute atomic E-state index is 12.7. The quantitative estimate of drug-likeness (QED) is 0.721. The maximum Gasteiger partial charge on any atom is 0.238 e. The summed E-state index contributed by atoms with van der Waals surface area (Å²) in [6, 6.07) is 5.59. The average Bonchev–Trinajstić information content (AvgIpc) is 2.30. The van der Waals surface area contributed by atoms with Crippen LogP contribution in [0.5, 0.6) is 0 Å². The van der Waals surface area contributed by atoms with Gasteiger partial charge < -0.3 is 15.7 Å². The van der Waals surface area contributed by atoms with Crippen molar-refractivity contribution >= 4 is 11.6 Å². The molecule has 0 aliphatic heterocycles. The molecule has 0 aromatic heterocycles. The zero-order chi connectivity index (χ0) is 13.6. The Kier molecular flexibility index (Phi) is 5.25. The minimum Gasteiger partial charge on any atom is -0.396 e. The molecule has 0 fully saturated rings. The average molecular weight is 254 g/mol. The van der Waals surface area contributed by atoms with Gasteiger partial charge in [0.25, 0.3) is 0 Å². The zero-order valence-corrected chi connectivity index (χ0v) is 10.7. The Bertz CT molecular complexity index is 390. The first kappa shape index (κ1) is 14.6. The van der Waals surface area contributed by atoms with Crippen molar-refractivity contribution in [1.29, 1.82) is 0 Å². The summed E-state index contributed by atoms with van der Waals surface area (Å²) in [4.78, 5) is 11.6. The van der Waals surface area contributed by atoms with E-state index in [1.54, 1.807) is 0 Å². The Morgan fingerprint density at radius 2 is 1.94 bits per heavy atom. The van der Waals surface area contributed by atoms with Gasteiger partial charge in [0, 0.05) is 17.8 Å². The van der Waals surface area contributed by atoms with Crippen molar-refractivity contribution in [2.75, 3.05) is 18.5 Å². The molecule has 1 amide bonds. The van der Waals surface area contributed by atoms with E-state index in [-0.39, 0.29) is 30.4 Å². The van der Waals surface area contributed by atoms with E-state index < -0.39 is 0 Å². The number of hydrogen-bond acceptors (Lipinski definition) is 3. The van der Waals surface area contributed by atoms with Crippen LogP contribution in [0.4, 0.5) is 10.1 Å². The summed E-state index contributed by atoms with van der Waals surface area (Å²) in [7, 11) is 0. The van der Waals surface area contributed by atoms with Crippen LogP contribution in [0.3, 0.4) is 0 Å². The predicted octanol–water partition coefficient (Wildman–Crippen LogP) is 1.51. The minimum atomic E-state index is -0.338. The fourth-order valence-corrected chi connectivity index (χ4v) is 1.43. The molecule has 0 spiro atoms. The predicted molar refractivity (Wildman–Crippen MR) is 68.8 cm³/mol. The largest absolute Gasteiger partial charge is 0.396 e. The lowest BCUT2D eigenvalue weighted by Crippen LogP contribution is -2.44. The molecule has 0 bridgehead atoms. The summed E-state index contributed by atoms with van der Waals surface area (Å²) in [5.74, 6) is -0.539. The lowest BCUT2D eigenvalue weighted by molar-refractivity contribution is -0.115. The second kappa shape index (κ2) is 6.47. The van der Waals surface area contributed by atoms with Gasteiger partial charge in [-0.05, 0) is 44.5 Å². The third-order valence-electron chi connectivity index (χ3n) is 2.59. The molecule has 0 radical (unpaired) electrons. The third-order valence-corrected chi connectivity index (χ3v) is 2.59. The standard InChI is InChI=1S/C13H19FN2O2/c1-13(2,7-8-17)15-9-12(18)16-11-5-3-10(14)4-6-11/h3-6,15,17H,7-9H2,1-2H3,(H,16,18). The molecular formula is C13H19FN2O2. The van der Waals surface area contributed by atoms with Crippen molar-refractivity contribution in [2.45, 2.75) is 25.8 Å². The highest BCUT2D eigenvalue weighted by Crippen LogP contribution is 2.09.